The Morgan fingerprint density at radius 1 is 1.44 bits per heavy atom. The van der Waals surface area contributed by atoms with Crippen LogP contribution in [0.25, 0.3) is 0 Å². The van der Waals surface area contributed by atoms with Gasteiger partial charge in [0.2, 0.25) is 10.0 Å². The summed E-state index contributed by atoms with van der Waals surface area (Å²) in [5.74, 6) is -0.276. The van der Waals surface area contributed by atoms with Crippen molar-refractivity contribution in [2.24, 2.45) is 5.92 Å². The number of nitrogens with one attached hydrogen (secondary N) is 1. The van der Waals surface area contributed by atoms with Gasteiger partial charge in [0.25, 0.3) is 0 Å². The highest BCUT2D eigenvalue weighted by Gasteiger charge is 2.31. The SMILES string of the molecule is O=S(=O)(NCC(Cl)C1CC1)c1cc(F)ccc1Cl. The molecule has 7 heteroatoms. The van der Waals surface area contributed by atoms with Crippen LogP contribution < -0.4 is 4.72 Å². The molecule has 0 heterocycles. The van der Waals surface area contributed by atoms with E-state index < -0.39 is 15.8 Å². The number of halogens is 3. The summed E-state index contributed by atoms with van der Waals surface area (Å²) in [5.41, 5.74) is 0. The zero-order valence-electron chi connectivity index (χ0n) is 9.37. The van der Waals surface area contributed by atoms with Crippen LogP contribution in [0.4, 0.5) is 4.39 Å². The van der Waals surface area contributed by atoms with Gasteiger partial charge in [-0.05, 0) is 37.0 Å². The normalized spacial score (nSPS) is 17.7. The van der Waals surface area contributed by atoms with Crippen molar-refractivity contribution in [3.05, 3.63) is 29.0 Å². The molecule has 2 rings (SSSR count). The summed E-state index contributed by atoms with van der Waals surface area (Å²) in [6.45, 7) is 0.126. The summed E-state index contributed by atoms with van der Waals surface area (Å²) in [5, 5.41) is -0.242. The molecule has 0 spiro atoms. The third-order valence-electron chi connectivity index (χ3n) is 2.78. The van der Waals surface area contributed by atoms with E-state index in [9.17, 15) is 12.8 Å². The predicted molar refractivity (Wildman–Crippen MR) is 69.0 cm³/mol. The highest BCUT2D eigenvalue weighted by atomic mass is 35.5. The molecule has 1 atom stereocenters. The van der Waals surface area contributed by atoms with Gasteiger partial charge in [-0.25, -0.2) is 17.5 Å². The molecule has 1 unspecified atom stereocenters. The van der Waals surface area contributed by atoms with Crippen LogP contribution in [-0.2, 0) is 10.0 Å². The van der Waals surface area contributed by atoms with E-state index in [-0.39, 0.29) is 21.8 Å². The third kappa shape index (κ3) is 3.35. The Balaban J connectivity index is 2.11. The van der Waals surface area contributed by atoms with Crippen LogP contribution in [0.15, 0.2) is 23.1 Å². The van der Waals surface area contributed by atoms with E-state index in [0.717, 1.165) is 25.0 Å². The van der Waals surface area contributed by atoms with E-state index in [1.54, 1.807) is 0 Å². The van der Waals surface area contributed by atoms with Gasteiger partial charge in [-0.2, -0.15) is 0 Å². The van der Waals surface area contributed by atoms with Crippen molar-refractivity contribution in [2.45, 2.75) is 23.1 Å². The summed E-state index contributed by atoms with van der Waals surface area (Å²) in [4.78, 5) is -0.260. The summed E-state index contributed by atoms with van der Waals surface area (Å²) in [6.07, 6.45) is 2.05. The minimum absolute atomic E-state index is 0.0126. The van der Waals surface area contributed by atoms with E-state index in [1.807, 2.05) is 0 Å². The Labute approximate surface area is 115 Å². The lowest BCUT2D eigenvalue weighted by atomic mass is 10.3. The van der Waals surface area contributed by atoms with Gasteiger partial charge < -0.3 is 0 Å². The van der Waals surface area contributed by atoms with Crippen LogP contribution in [0.1, 0.15) is 12.8 Å². The first-order chi connectivity index (χ1) is 8.40. The standard InChI is InChI=1S/C11H12Cl2FNO2S/c12-9-4-3-8(14)5-11(9)18(16,17)15-6-10(13)7-1-2-7/h3-5,7,10,15H,1-2,6H2. The summed E-state index contributed by atoms with van der Waals surface area (Å²) in [7, 11) is -3.82. The number of hydrogen-bond acceptors (Lipinski definition) is 2. The minimum Gasteiger partial charge on any atom is -0.210 e. The first-order valence-electron chi connectivity index (χ1n) is 5.49. The molecule has 1 aliphatic rings. The number of hydrogen-bond donors (Lipinski definition) is 1. The molecule has 0 bridgehead atoms. The second-order valence-electron chi connectivity index (χ2n) is 4.28. The zero-order valence-corrected chi connectivity index (χ0v) is 11.7. The fourth-order valence-electron chi connectivity index (χ4n) is 1.57. The van der Waals surface area contributed by atoms with E-state index in [0.29, 0.717) is 5.92 Å². The Kier molecular flexibility index (Phi) is 4.16. The Bertz CT molecular complexity index is 546. The Morgan fingerprint density at radius 2 is 2.11 bits per heavy atom. The van der Waals surface area contributed by atoms with Crippen LogP contribution in [0, 0.1) is 11.7 Å². The molecule has 3 nitrogen and oxygen atoms in total. The average molecular weight is 312 g/mol. The molecule has 0 saturated heterocycles. The average Bonchev–Trinajstić information content (AvgIpc) is 3.13. The number of alkyl halides is 1. The van der Waals surface area contributed by atoms with Crippen molar-refractivity contribution in [3.8, 4) is 0 Å². The van der Waals surface area contributed by atoms with Gasteiger partial charge in [0, 0.05) is 11.9 Å². The van der Waals surface area contributed by atoms with E-state index in [2.05, 4.69) is 4.72 Å². The van der Waals surface area contributed by atoms with Crippen LogP contribution >= 0.6 is 23.2 Å². The van der Waals surface area contributed by atoms with E-state index >= 15 is 0 Å². The van der Waals surface area contributed by atoms with Crippen LogP contribution in [0.5, 0.6) is 0 Å². The smallest absolute Gasteiger partial charge is 0.210 e. The van der Waals surface area contributed by atoms with E-state index in [4.69, 9.17) is 23.2 Å². The topological polar surface area (TPSA) is 46.2 Å². The lowest BCUT2D eigenvalue weighted by molar-refractivity contribution is 0.573. The third-order valence-corrected chi connectivity index (χ3v) is 5.20. The fourth-order valence-corrected chi connectivity index (χ4v) is 3.56. The number of rotatable bonds is 5. The first kappa shape index (κ1) is 14.1. The quantitative estimate of drug-likeness (QED) is 0.850. The molecular weight excluding hydrogens is 300 g/mol. The molecule has 0 amide bonds. The molecule has 100 valence electrons. The molecule has 0 aromatic heterocycles. The molecule has 1 fully saturated rings. The van der Waals surface area contributed by atoms with Crippen molar-refractivity contribution >= 4 is 33.2 Å². The van der Waals surface area contributed by atoms with Gasteiger partial charge in [0.1, 0.15) is 10.7 Å². The lowest BCUT2D eigenvalue weighted by Crippen LogP contribution is -2.31. The maximum absolute atomic E-state index is 13.0. The Hall–Kier alpha value is -0.360. The van der Waals surface area contributed by atoms with Gasteiger partial charge in [-0.1, -0.05) is 11.6 Å². The maximum Gasteiger partial charge on any atom is 0.242 e. The second-order valence-corrected chi connectivity index (χ2v) is 6.98. The summed E-state index contributed by atoms with van der Waals surface area (Å²) in [6, 6.07) is 3.21. The summed E-state index contributed by atoms with van der Waals surface area (Å²) < 4.78 is 39.3. The molecule has 1 aromatic rings. The molecule has 1 saturated carbocycles. The van der Waals surface area contributed by atoms with Gasteiger partial charge in [-0.15, -0.1) is 11.6 Å². The van der Waals surface area contributed by atoms with E-state index in [1.165, 1.54) is 6.07 Å². The van der Waals surface area contributed by atoms with Gasteiger partial charge in [-0.3, -0.25) is 0 Å². The van der Waals surface area contributed by atoms with Crippen molar-refractivity contribution < 1.29 is 12.8 Å². The molecule has 1 N–H and O–H groups in total. The van der Waals surface area contributed by atoms with Crippen molar-refractivity contribution in [1.82, 2.24) is 4.72 Å². The van der Waals surface area contributed by atoms with Crippen LogP contribution in [0.3, 0.4) is 0 Å². The number of benzene rings is 1. The molecule has 0 aliphatic heterocycles. The van der Waals surface area contributed by atoms with Crippen LogP contribution in [0.2, 0.25) is 5.02 Å². The molecular formula is C11H12Cl2FNO2S. The van der Waals surface area contributed by atoms with Gasteiger partial charge in [0.15, 0.2) is 0 Å². The van der Waals surface area contributed by atoms with Crippen molar-refractivity contribution in [3.63, 3.8) is 0 Å². The van der Waals surface area contributed by atoms with Crippen LogP contribution in [-0.4, -0.2) is 20.3 Å². The highest BCUT2D eigenvalue weighted by Crippen LogP contribution is 2.35. The minimum atomic E-state index is -3.82. The fraction of sp³-hybridized carbons (Fsp3) is 0.455. The van der Waals surface area contributed by atoms with Crippen molar-refractivity contribution in [2.75, 3.05) is 6.54 Å². The largest absolute Gasteiger partial charge is 0.242 e. The first-order valence-corrected chi connectivity index (χ1v) is 7.78. The molecule has 1 aromatic carbocycles. The maximum atomic E-state index is 13.0. The Morgan fingerprint density at radius 3 is 2.72 bits per heavy atom. The number of sulfonamides is 1. The highest BCUT2D eigenvalue weighted by molar-refractivity contribution is 7.89. The summed E-state index contributed by atoms with van der Waals surface area (Å²) >= 11 is 11.8. The second kappa shape index (κ2) is 5.33. The zero-order chi connectivity index (χ0) is 13.3. The predicted octanol–water partition coefficient (Wildman–Crippen LogP) is 2.77. The monoisotopic (exact) mass is 311 g/mol. The molecule has 1 aliphatic carbocycles. The van der Waals surface area contributed by atoms with Gasteiger partial charge >= 0.3 is 0 Å². The van der Waals surface area contributed by atoms with Crippen molar-refractivity contribution in [1.29, 1.82) is 0 Å². The molecule has 18 heavy (non-hydrogen) atoms. The molecule has 0 radical (unpaired) electrons. The van der Waals surface area contributed by atoms with Gasteiger partial charge in [0.05, 0.1) is 5.02 Å². The lowest BCUT2D eigenvalue weighted by Gasteiger charge is -2.11.